The van der Waals surface area contributed by atoms with Gasteiger partial charge in [0, 0.05) is 18.3 Å². The first-order valence-electron chi connectivity index (χ1n) is 6.69. The summed E-state index contributed by atoms with van der Waals surface area (Å²) >= 11 is 0. The number of aryl methyl sites for hydroxylation is 1. The van der Waals surface area contributed by atoms with Crippen LogP contribution in [0, 0.1) is 0 Å². The third-order valence-electron chi connectivity index (χ3n) is 3.50. The summed E-state index contributed by atoms with van der Waals surface area (Å²) in [6, 6.07) is 15.1. The number of benzene rings is 2. The average Bonchev–Trinajstić information content (AvgIpc) is 2.82. The summed E-state index contributed by atoms with van der Waals surface area (Å²) in [5.74, 6) is 0.534. The standard InChI is InChI=1S/C16H16N4O/c1-20-14-5-3-2-4-13(14)19-15(20)10-18-12-8-6-11(7-9-12)16(17)21/h2-9,18H,10H2,1H3,(H2,17,21). The first-order valence-corrected chi connectivity index (χ1v) is 6.69. The highest BCUT2D eigenvalue weighted by Crippen LogP contribution is 2.16. The predicted octanol–water partition coefficient (Wildman–Crippen LogP) is 2.28. The van der Waals surface area contributed by atoms with Crippen molar-refractivity contribution in [2.75, 3.05) is 5.32 Å². The molecular weight excluding hydrogens is 264 g/mol. The van der Waals surface area contributed by atoms with Crippen LogP contribution in [0.4, 0.5) is 5.69 Å². The Labute approximate surface area is 122 Å². The summed E-state index contributed by atoms with van der Waals surface area (Å²) in [4.78, 5) is 15.6. The molecule has 1 aromatic heterocycles. The smallest absolute Gasteiger partial charge is 0.248 e. The van der Waals surface area contributed by atoms with Gasteiger partial charge in [-0.1, -0.05) is 12.1 Å². The molecule has 0 unspecified atom stereocenters. The van der Waals surface area contributed by atoms with Crippen LogP contribution < -0.4 is 11.1 Å². The zero-order valence-electron chi connectivity index (χ0n) is 11.7. The van der Waals surface area contributed by atoms with Gasteiger partial charge in [0.15, 0.2) is 0 Å². The first-order chi connectivity index (χ1) is 10.1. The van der Waals surface area contributed by atoms with E-state index in [1.54, 1.807) is 12.1 Å². The van der Waals surface area contributed by atoms with Crippen LogP contribution >= 0.6 is 0 Å². The van der Waals surface area contributed by atoms with E-state index >= 15 is 0 Å². The molecule has 106 valence electrons. The molecule has 21 heavy (non-hydrogen) atoms. The molecule has 0 spiro atoms. The minimum atomic E-state index is -0.420. The molecule has 0 saturated carbocycles. The van der Waals surface area contributed by atoms with Crippen LogP contribution in [0.15, 0.2) is 48.5 Å². The van der Waals surface area contributed by atoms with Crippen molar-refractivity contribution in [1.82, 2.24) is 9.55 Å². The third kappa shape index (κ3) is 2.58. The van der Waals surface area contributed by atoms with Crippen LogP contribution in [0.5, 0.6) is 0 Å². The maximum absolute atomic E-state index is 11.0. The number of imidazole rings is 1. The number of carbonyl (C=O) groups is 1. The van der Waals surface area contributed by atoms with Gasteiger partial charge in [0.05, 0.1) is 17.6 Å². The van der Waals surface area contributed by atoms with Gasteiger partial charge in [-0.05, 0) is 36.4 Å². The van der Waals surface area contributed by atoms with E-state index in [0.29, 0.717) is 12.1 Å². The topological polar surface area (TPSA) is 72.9 Å². The normalized spacial score (nSPS) is 10.7. The summed E-state index contributed by atoms with van der Waals surface area (Å²) in [6.07, 6.45) is 0. The van der Waals surface area contributed by atoms with Crippen molar-refractivity contribution in [3.05, 3.63) is 59.9 Å². The molecule has 3 N–H and O–H groups in total. The fourth-order valence-electron chi connectivity index (χ4n) is 2.29. The van der Waals surface area contributed by atoms with Crippen molar-refractivity contribution in [2.45, 2.75) is 6.54 Å². The molecule has 5 nitrogen and oxygen atoms in total. The van der Waals surface area contributed by atoms with Crippen molar-refractivity contribution in [3.63, 3.8) is 0 Å². The Morgan fingerprint density at radius 3 is 2.57 bits per heavy atom. The van der Waals surface area contributed by atoms with Crippen LogP contribution in [0.25, 0.3) is 11.0 Å². The molecule has 3 rings (SSSR count). The van der Waals surface area contributed by atoms with E-state index in [9.17, 15) is 4.79 Å². The third-order valence-corrected chi connectivity index (χ3v) is 3.50. The van der Waals surface area contributed by atoms with Crippen LogP contribution in [-0.2, 0) is 13.6 Å². The number of fused-ring (bicyclic) bond motifs is 1. The van der Waals surface area contributed by atoms with Crippen LogP contribution in [0.2, 0.25) is 0 Å². The molecule has 2 aromatic carbocycles. The second kappa shape index (κ2) is 5.28. The van der Waals surface area contributed by atoms with Crippen molar-refractivity contribution in [3.8, 4) is 0 Å². The van der Waals surface area contributed by atoms with Crippen molar-refractivity contribution >= 4 is 22.6 Å². The van der Waals surface area contributed by atoms with Gasteiger partial charge in [-0.15, -0.1) is 0 Å². The molecule has 5 heteroatoms. The van der Waals surface area contributed by atoms with Gasteiger partial charge in [-0.25, -0.2) is 4.98 Å². The maximum atomic E-state index is 11.0. The predicted molar refractivity (Wildman–Crippen MR) is 83.0 cm³/mol. The van der Waals surface area contributed by atoms with E-state index in [2.05, 4.69) is 14.9 Å². The van der Waals surface area contributed by atoms with E-state index in [1.807, 2.05) is 43.4 Å². The second-order valence-corrected chi connectivity index (χ2v) is 4.87. The molecule has 0 radical (unpaired) electrons. The van der Waals surface area contributed by atoms with Gasteiger partial charge in [0.2, 0.25) is 5.91 Å². The number of rotatable bonds is 4. The van der Waals surface area contributed by atoms with Gasteiger partial charge in [-0.3, -0.25) is 4.79 Å². The van der Waals surface area contributed by atoms with E-state index in [4.69, 9.17) is 5.73 Å². The largest absolute Gasteiger partial charge is 0.378 e. The first kappa shape index (κ1) is 13.2. The summed E-state index contributed by atoms with van der Waals surface area (Å²) in [7, 11) is 2.00. The Morgan fingerprint density at radius 1 is 1.19 bits per heavy atom. The SMILES string of the molecule is Cn1c(CNc2ccc(C(N)=O)cc2)nc2ccccc21. The fourth-order valence-corrected chi connectivity index (χ4v) is 2.29. The number of aromatic nitrogens is 2. The average molecular weight is 280 g/mol. The molecule has 1 heterocycles. The number of primary amides is 1. The lowest BCUT2D eigenvalue weighted by molar-refractivity contribution is 0.100. The number of nitrogens with zero attached hydrogens (tertiary/aromatic N) is 2. The lowest BCUT2D eigenvalue weighted by atomic mass is 10.2. The number of para-hydroxylation sites is 2. The highest BCUT2D eigenvalue weighted by molar-refractivity contribution is 5.93. The molecule has 0 aliphatic rings. The summed E-state index contributed by atoms with van der Waals surface area (Å²) < 4.78 is 2.07. The monoisotopic (exact) mass is 280 g/mol. The minimum Gasteiger partial charge on any atom is -0.378 e. The van der Waals surface area contributed by atoms with Gasteiger partial charge in [0.25, 0.3) is 0 Å². The van der Waals surface area contributed by atoms with Crippen molar-refractivity contribution in [1.29, 1.82) is 0 Å². The Balaban J connectivity index is 1.77. The number of carbonyl (C=O) groups excluding carboxylic acids is 1. The van der Waals surface area contributed by atoms with Gasteiger partial charge < -0.3 is 15.6 Å². The summed E-state index contributed by atoms with van der Waals surface area (Å²) in [5, 5.41) is 3.29. The van der Waals surface area contributed by atoms with Crippen LogP contribution in [0.3, 0.4) is 0 Å². The van der Waals surface area contributed by atoms with Gasteiger partial charge in [-0.2, -0.15) is 0 Å². The van der Waals surface area contributed by atoms with E-state index in [0.717, 1.165) is 22.5 Å². The molecular formula is C16H16N4O. The number of amides is 1. The van der Waals surface area contributed by atoms with E-state index in [-0.39, 0.29) is 0 Å². The molecule has 0 bridgehead atoms. The lowest BCUT2D eigenvalue weighted by Gasteiger charge is -2.07. The maximum Gasteiger partial charge on any atom is 0.248 e. The number of anilines is 1. The van der Waals surface area contributed by atoms with Crippen molar-refractivity contribution in [2.24, 2.45) is 12.8 Å². The van der Waals surface area contributed by atoms with Gasteiger partial charge >= 0.3 is 0 Å². The number of hydrogen-bond acceptors (Lipinski definition) is 3. The molecule has 0 saturated heterocycles. The number of nitrogens with two attached hydrogens (primary N) is 1. The van der Waals surface area contributed by atoms with E-state index in [1.165, 1.54) is 0 Å². The highest BCUT2D eigenvalue weighted by Gasteiger charge is 2.06. The number of hydrogen-bond donors (Lipinski definition) is 2. The molecule has 0 aliphatic carbocycles. The lowest BCUT2D eigenvalue weighted by Crippen LogP contribution is -2.11. The Hall–Kier alpha value is -2.82. The van der Waals surface area contributed by atoms with Crippen molar-refractivity contribution < 1.29 is 4.79 Å². The fraction of sp³-hybridized carbons (Fsp3) is 0.125. The summed E-state index contributed by atoms with van der Waals surface area (Å²) in [6.45, 7) is 0.612. The Bertz CT molecular complexity index is 790. The second-order valence-electron chi connectivity index (χ2n) is 4.87. The summed E-state index contributed by atoms with van der Waals surface area (Å²) in [5.41, 5.74) is 8.74. The minimum absolute atomic E-state index is 0.420. The zero-order chi connectivity index (χ0) is 14.8. The quantitative estimate of drug-likeness (QED) is 0.770. The van der Waals surface area contributed by atoms with E-state index < -0.39 is 5.91 Å². The molecule has 3 aromatic rings. The highest BCUT2D eigenvalue weighted by atomic mass is 16.1. The van der Waals surface area contributed by atoms with Crippen LogP contribution in [0.1, 0.15) is 16.2 Å². The van der Waals surface area contributed by atoms with Crippen LogP contribution in [-0.4, -0.2) is 15.5 Å². The van der Waals surface area contributed by atoms with Gasteiger partial charge in [0.1, 0.15) is 5.82 Å². The molecule has 0 fully saturated rings. The Kier molecular flexibility index (Phi) is 3.31. The zero-order valence-corrected chi connectivity index (χ0v) is 11.7. The molecule has 1 amide bonds. The molecule has 0 aliphatic heterocycles. The Morgan fingerprint density at radius 2 is 1.90 bits per heavy atom. The molecule has 0 atom stereocenters. The number of nitrogens with one attached hydrogen (secondary N) is 1.